The van der Waals surface area contributed by atoms with E-state index in [2.05, 4.69) is 29.1 Å². The van der Waals surface area contributed by atoms with Gasteiger partial charge in [0, 0.05) is 49.4 Å². The highest BCUT2D eigenvalue weighted by molar-refractivity contribution is 9.09. The fraction of sp³-hybridized carbons (Fsp3) is 0.457. The number of unbranched alkanes of at least 4 members (excludes halogenated alkanes) is 2. The second kappa shape index (κ2) is 14.5. The molecule has 3 aliphatic rings. The molecule has 2 aromatic carbocycles. The number of amides is 3. The van der Waals surface area contributed by atoms with Gasteiger partial charge in [0.1, 0.15) is 6.04 Å². The summed E-state index contributed by atoms with van der Waals surface area (Å²) in [5.41, 5.74) is 2.02. The molecule has 1 spiro atoms. The summed E-state index contributed by atoms with van der Waals surface area (Å²) >= 11 is 5.56. The molecule has 3 heterocycles. The summed E-state index contributed by atoms with van der Waals surface area (Å²) in [4.78, 5) is 49.0. The standard InChI is InChI=1S/C35H42BrN3O4S/c1-3-18-37(23-25-14-8-5-9-15-25)32(41)28-29-33(42)39(20-12-7-13-21-40)31(35(29)22-27(36)30(28)44-35)34(43)38(19-4-2)24-26-16-10-6-11-17-26/h3-6,8-11,14-17,27-31,40H,1-2,7,12-13,18-24H2/t27?,28-,29-,30-,31?,35?/m0/s1. The topological polar surface area (TPSA) is 81.2 Å². The number of thioether (sulfide) groups is 1. The maximum atomic E-state index is 14.7. The number of hydrogen-bond donors (Lipinski definition) is 1. The Bertz CT molecular complexity index is 1340. The van der Waals surface area contributed by atoms with Gasteiger partial charge in [0.15, 0.2) is 0 Å². The first-order chi connectivity index (χ1) is 21.4. The molecule has 0 aromatic heterocycles. The van der Waals surface area contributed by atoms with Gasteiger partial charge in [0.25, 0.3) is 0 Å². The summed E-state index contributed by atoms with van der Waals surface area (Å²) in [5, 5.41) is 9.24. The van der Waals surface area contributed by atoms with Crippen LogP contribution in [-0.2, 0) is 27.5 Å². The van der Waals surface area contributed by atoms with Gasteiger partial charge in [0.2, 0.25) is 17.7 Å². The molecule has 3 unspecified atom stereocenters. The van der Waals surface area contributed by atoms with Crippen molar-refractivity contribution in [2.75, 3.05) is 26.2 Å². The van der Waals surface area contributed by atoms with Crippen LogP contribution in [-0.4, -0.2) is 84.6 Å². The number of alkyl halides is 1. The van der Waals surface area contributed by atoms with E-state index >= 15 is 0 Å². The Morgan fingerprint density at radius 2 is 1.50 bits per heavy atom. The summed E-state index contributed by atoms with van der Waals surface area (Å²) in [7, 11) is 0. The molecule has 1 N–H and O–H groups in total. The van der Waals surface area contributed by atoms with Crippen LogP contribution in [0.25, 0.3) is 0 Å². The lowest BCUT2D eigenvalue weighted by Gasteiger charge is -2.38. The van der Waals surface area contributed by atoms with Crippen LogP contribution in [0.2, 0.25) is 0 Å². The highest BCUT2D eigenvalue weighted by Crippen LogP contribution is 2.68. The number of likely N-dealkylation sites (tertiary alicyclic amines) is 1. The van der Waals surface area contributed by atoms with E-state index in [-0.39, 0.29) is 34.4 Å². The molecule has 2 bridgehead atoms. The van der Waals surface area contributed by atoms with E-state index < -0.39 is 22.6 Å². The lowest BCUT2D eigenvalue weighted by molar-refractivity contribution is -0.145. The molecule has 3 fully saturated rings. The van der Waals surface area contributed by atoms with Crippen LogP contribution in [0.3, 0.4) is 0 Å². The molecule has 5 rings (SSSR count). The number of carbonyl (C=O) groups is 3. The fourth-order valence-electron chi connectivity index (χ4n) is 7.27. The molecule has 0 saturated carbocycles. The Balaban J connectivity index is 1.50. The number of benzene rings is 2. The third-order valence-corrected chi connectivity index (χ3v) is 12.3. The molecule has 6 atom stereocenters. The quantitative estimate of drug-likeness (QED) is 0.162. The van der Waals surface area contributed by atoms with Crippen LogP contribution in [0.15, 0.2) is 86.0 Å². The van der Waals surface area contributed by atoms with Gasteiger partial charge >= 0.3 is 0 Å². The minimum absolute atomic E-state index is 0.000534. The maximum absolute atomic E-state index is 14.7. The summed E-state index contributed by atoms with van der Waals surface area (Å²) < 4.78 is -0.715. The average Bonchev–Trinajstić information content (AvgIpc) is 3.62. The second-order valence-electron chi connectivity index (χ2n) is 12.0. The van der Waals surface area contributed by atoms with Crippen LogP contribution in [0.4, 0.5) is 0 Å². The van der Waals surface area contributed by atoms with Crippen molar-refractivity contribution in [2.45, 2.75) is 59.6 Å². The third kappa shape index (κ3) is 6.28. The van der Waals surface area contributed by atoms with Crippen molar-refractivity contribution in [3.63, 3.8) is 0 Å². The van der Waals surface area contributed by atoms with Crippen molar-refractivity contribution >= 4 is 45.4 Å². The number of aliphatic hydroxyl groups is 1. The van der Waals surface area contributed by atoms with Crippen molar-refractivity contribution < 1.29 is 19.5 Å². The molecule has 3 amide bonds. The molecule has 234 valence electrons. The number of halogens is 1. The van der Waals surface area contributed by atoms with Gasteiger partial charge in [-0.3, -0.25) is 14.4 Å². The van der Waals surface area contributed by atoms with Crippen molar-refractivity contribution in [2.24, 2.45) is 11.8 Å². The zero-order valence-electron chi connectivity index (χ0n) is 25.1. The van der Waals surface area contributed by atoms with E-state index in [4.69, 9.17) is 0 Å². The van der Waals surface area contributed by atoms with E-state index in [0.29, 0.717) is 52.0 Å². The fourth-order valence-corrected chi connectivity index (χ4v) is 10.9. The van der Waals surface area contributed by atoms with Gasteiger partial charge in [-0.1, -0.05) is 88.7 Å². The van der Waals surface area contributed by atoms with Crippen LogP contribution < -0.4 is 0 Å². The Morgan fingerprint density at radius 3 is 2.05 bits per heavy atom. The van der Waals surface area contributed by atoms with E-state index in [0.717, 1.165) is 17.5 Å². The number of nitrogens with zero attached hydrogens (tertiary/aromatic N) is 3. The van der Waals surface area contributed by atoms with Crippen molar-refractivity contribution in [3.05, 3.63) is 97.1 Å². The third-order valence-electron chi connectivity index (χ3n) is 9.12. The molecule has 0 aliphatic carbocycles. The smallest absolute Gasteiger partial charge is 0.247 e. The Morgan fingerprint density at radius 1 is 0.932 bits per heavy atom. The first-order valence-corrected chi connectivity index (χ1v) is 17.3. The van der Waals surface area contributed by atoms with Gasteiger partial charge in [-0.25, -0.2) is 0 Å². The minimum atomic E-state index is -0.715. The number of rotatable bonds is 15. The maximum Gasteiger partial charge on any atom is 0.247 e. The van der Waals surface area contributed by atoms with E-state index in [1.165, 1.54) is 0 Å². The molecule has 9 heteroatoms. The van der Waals surface area contributed by atoms with Gasteiger partial charge in [0.05, 0.1) is 16.6 Å². The highest BCUT2D eigenvalue weighted by Gasteiger charge is 2.76. The van der Waals surface area contributed by atoms with Crippen molar-refractivity contribution in [1.82, 2.24) is 14.7 Å². The lowest BCUT2D eigenvalue weighted by Crippen LogP contribution is -2.55. The Hall–Kier alpha value is -2.88. The summed E-state index contributed by atoms with van der Waals surface area (Å²) in [6.45, 7) is 9.90. The van der Waals surface area contributed by atoms with Crippen LogP contribution in [0, 0.1) is 11.8 Å². The minimum Gasteiger partial charge on any atom is -0.396 e. The molecular formula is C35H42BrN3O4S. The molecule has 44 heavy (non-hydrogen) atoms. The van der Waals surface area contributed by atoms with Gasteiger partial charge in [-0.05, 0) is 36.8 Å². The number of fused-ring (bicyclic) bond motifs is 1. The second-order valence-corrected chi connectivity index (χ2v) is 14.7. The highest BCUT2D eigenvalue weighted by atomic mass is 79.9. The largest absolute Gasteiger partial charge is 0.396 e. The van der Waals surface area contributed by atoms with E-state index in [9.17, 15) is 19.5 Å². The lowest BCUT2D eigenvalue weighted by atomic mass is 9.70. The summed E-state index contributed by atoms with van der Waals surface area (Å²) in [6, 6.07) is 19.0. The normalized spacial score (nSPS) is 26.8. The molecule has 7 nitrogen and oxygen atoms in total. The predicted octanol–water partition coefficient (Wildman–Crippen LogP) is 5.04. The summed E-state index contributed by atoms with van der Waals surface area (Å²) in [5.74, 6) is -1.39. The number of aliphatic hydroxyl groups excluding tert-OH is 1. The summed E-state index contributed by atoms with van der Waals surface area (Å²) in [6.07, 6.45) is 6.18. The first kappa shape index (κ1) is 32.5. The Labute approximate surface area is 273 Å². The molecule has 3 aliphatic heterocycles. The van der Waals surface area contributed by atoms with E-state index in [1.54, 1.807) is 38.6 Å². The van der Waals surface area contributed by atoms with Crippen molar-refractivity contribution in [3.8, 4) is 0 Å². The number of carbonyl (C=O) groups excluding carboxylic acids is 3. The van der Waals surface area contributed by atoms with Gasteiger partial charge in [-0.15, -0.1) is 24.9 Å². The molecule has 2 aromatic rings. The van der Waals surface area contributed by atoms with Crippen molar-refractivity contribution in [1.29, 1.82) is 0 Å². The molecular weight excluding hydrogens is 638 g/mol. The van der Waals surface area contributed by atoms with Crippen LogP contribution >= 0.6 is 27.7 Å². The average molecular weight is 681 g/mol. The molecule has 0 radical (unpaired) electrons. The first-order valence-electron chi connectivity index (χ1n) is 15.5. The van der Waals surface area contributed by atoms with Gasteiger partial charge in [-0.2, -0.15) is 0 Å². The monoisotopic (exact) mass is 679 g/mol. The van der Waals surface area contributed by atoms with E-state index in [1.807, 2.05) is 60.7 Å². The van der Waals surface area contributed by atoms with Crippen LogP contribution in [0.1, 0.15) is 36.8 Å². The molecule has 3 saturated heterocycles. The Kier molecular flexibility index (Phi) is 10.7. The van der Waals surface area contributed by atoms with Gasteiger partial charge < -0.3 is 19.8 Å². The zero-order valence-corrected chi connectivity index (χ0v) is 27.5. The SMILES string of the molecule is C=CCN(Cc1ccccc1)C(=O)C1N(CCCCCO)C(=O)[C@@H]2[C@H](C(=O)N(CC=C)Cc3ccccc3)[C@H]3SC12CC3Br. The zero-order chi connectivity index (χ0) is 31.3. The number of hydrogen-bond acceptors (Lipinski definition) is 5. The predicted molar refractivity (Wildman–Crippen MR) is 179 cm³/mol. The van der Waals surface area contributed by atoms with Crippen LogP contribution in [0.5, 0.6) is 0 Å².